The van der Waals surface area contributed by atoms with Crippen LogP contribution < -0.4 is 10.6 Å². The summed E-state index contributed by atoms with van der Waals surface area (Å²) in [5, 5.41) is 15.1. The second-order valence-corrected chi connectivity index (χ2v) is 7.07. The molecule has 0 aromatic carbocycles. The molecule has 2 aromatic rings. The number of aliphatic imine (C=N–C) groups is 1. The molecule has 2 aromatic heterocycles. The predicted octanol–water partition coefficient (Wildman–Crippen LogP) is 1.46. The van der Waals surface area contributed by atoms with E-state index in [1.54, 1.807) is 6.33 Å². The maximum Gasteiger partial charge on any atom is 0.191 e. The van der Waals surface area contributed by atoms with Gasteiger partial charge >= 0.3 is 0 Å². The summed E-state index contributed by atoms with van der Waals surface area (Å²) in [7, 11) is 0. The van der Waals surface area contributed by atoms with E-state index in [1.807, 2.05) is 12.3 Å². The molecule has 0 atom stereocenters. The lowest BCUT2D eigenvalue weighted by Crippen LogP contribution is -2.48. The van der Waals surface area contributed by atoms with E-state index in [4.69, 9.17) is 4.99 Å². The van der Waals surface area contributed by atoms with Crippen LogP contribution in [0.5, 0.6) is 0 Å². The van der Waals surface area contributed by atoms with Crippen LogP contribution in [0.25, 0.3) is 0 Å². The first-order chi connectivity index (χ1) is 13.8. The Morgan fingerprint density at radius 3 is 2.82 bits per heavy atom. The molecular formula is C20H32N8. The average molecular weight is 385 g/mol. The molecule has 1 aliphatic rings. The molecule has 3 heterocycles. The highest BCUT2D eigenvalue weighted by molar-refractivity contribution is 5.80. The van der Waals surface area contributed by atoms with E-state index < -0.39 is 0 Å². The van der Waals surface area contributed by atoms with Gasteiger partial charge in [0, 0.05) is 51.4 Å². The van der Waals surface area contributed by atoms with E-state index in [2.05, 4.69) is 61.3 Å². The number of rotatable bonds is 8. The van der Waals surface area contributed by atoms with Crippen molar-refractivity contribution >= 4 is 5.96 Å². The maximum absolute atomic E-state index is 4.74. The molecule has 0 radical (unpaired) electrons. The second-order valence-electron chi connectivity index (χ2n) is 7.07. The molecule has 0 aliphatic carbocycles. The number of piperidine rings is 1. The number of hydrogen-bond acceptors (Lipinski definition) is 5. The largest absolute Gasteiger partial charge is 0.357 e. The van der Waals surface area contributed by atoms with Crippen molar-refractivity contribution in [2.45, 2.75) is 52.2 Å². The van der Waals surface area contributed by atoms with Gasteiger partial charge in [-0.1, -0.05) is 13.0 Å². The molecule has 0 unspecified atom stereocenters. The fourth-order valence-corrected chi connectivity index (χ4v) is 3.48. The molecule has 152 valence electrons. The third-order valence-electron chi connectivity index (χ3n) is 5.01. The van der Waals surface area contributed by atoms with E-state index in [0.29, 0.717) is 12.6 Å². The molecule has 3 rings (SSSR count). The van der Waals surface area contributed by atoms with Crippen LogP contribution in [0.2, 0.25) is 0 Å². The Morgan fingerprint density at radius 2 is 2.11 bits per heavy atom. The number of pyridine rings is 1. The van der Waals surface area contributed by atoms with Crippen molar-refractivity contribution in [3.8, 4) is 0 Å². The van der Waals surface area contributed by atoms with Gasteiger partial charge < -0.3 is 15.2 Å². The van der Waals surface area contributed by atoms with Crippen molar-refractivity contribution in [2.75, 3.05) is 26.2 Å². The number of likely N-dealkylation sites (tertiary alicyclic amines) is 1. The van der Waals surface area contributed by atoms with Crippen LogP contribution in [-0.2, 0) is 19.5 Å². The molecule has 0 amide bonds. The van der Waals surface area contributed by atoms with E-state index in [-0.39, 0.29) is 0 Å². The van der Waals surface area contributed by atoms with Crippen molar-refractivity contribution in [3.05, 3.63) is 42.2 Å². The number of nitrogens with zero attached hydrogens (tertiary/aromatic N) is 6. The summed E-state index contributed by atoms with van der Waals surface area (Å²) in [6.45, 7) is 9.64. The van der Waals surface area contributed by atoms with Crippen LogP contribution in [0.1, 0.15) is 38.2 Å². The molecule has 28 heavy (non-hydrogen) atoms. The summed E-state index contributed by atoms with van der Waals surface area (Å²) >= 11 is 0. The lowest BCUT2D eigenvalue weighted by atomic mass is 10.0. The van der Waals surface area contributed by atoms with Crippen molar-refractivity contribution in [1.29, 1.82) is 0 Å². The summed E-state index contributed by atoms with van der Waals surface area (Å²) < 4.78 is 2.07. The zero-order chi connectivity index (χ0) is 19.6. The molecule has 0 saturated carbocycles. The number of aromatic nitrogens is 4. The van der Waals surface area contributed by atoms with Crippen LogP contribution in [0.3, 0.4) is 0 Å². The highest BCUT2D eigenvalue weighted by Gasteiger charge is 2.20. The lowest BCUT2D eigenvalue weighted by Gasteiger charge is -2.32. The Bertz CT molecular complexity index is 719. The van der Waals surface area contributed by atoms with E-state index >= 15 is 0 Å². The fourth-order valence-electron chi connectivity index (χ4n) is 3.48. The van der Waals surface area contributed by atoms with Gasteiger partial charge in [-0.3, -0.25) is 14.9 Å². The second kappa shape index (κ2) is 10.8. The van der Waals surface area contributed by atoms with Crippen LogP contribution >= 0.6 is 0 Å². The van der Waals surface area contributed by atoms with E-state index in [9.17, 15) is 0 Å². The van der Waals surface area contributed by atoms with Gasteiger partial charge in [-0.05, 0) is 31.9 Å². The predicted molar refractivity (Wildman–Crippen MR) is 111 cm³/mol. The maximum atomic E-state index is 4.74. The van der Waals surface area contributed by atoms with Gasteiger partial charge in [0.1, 0.15) is 12.2 Å². The van der Waals surface area contributed by atoms with Crippen molar-refractivity contribution in [1.82, 2.24) is 35.3 Å². The minimum Gasteiger partial charge on any atom is -0.357 e. The van der Waals surface area contributed by atoms with E-state index in [0.717, 1.165) is 69.5 Å². The number of nitrogens with one attached hydrogen (secondary N) is 2. The van der Waals surface area contributed by atoms with Gasteiger partial charge in [0.2, 0.25) is 0 Å². The van der Waals surface area contributed by atoms with Crippen molar-refractivity contribution in [3.63, 3.8) is 0 Å². The Balaban J connectivity index is 1.45. The van der Waals surface area contributed by atoms with Crippen LogP contribution in [0.4, 0.5) is 0 Å². The van der Waals surface area contributed by atoms with Gasteiger partial charge in [-0.2, -0.15) is 0 Å². The van der Waals surface area contributed by atoms with Gasteiger partial charge in [-0.25, -0.2) is 0 Å². The first-order valence-electron chi connectivity index (χ1n) is 10.3. The summed E-state index contributed by atoms with van der Waals surface area (Å²) in [6, 6.07) is 6.58. The zero-order valence-electron chi connectivity index (χ0n) is 17.0. The van der Waals surface area contributed by atoms with E-state index in [1.165, 1.54) is 0 Å². The molecule has 1 fully saturated rings. The Hall–Kier alpha value is -2.48. The SMILES string of the molecule is CCNC(=NCCn1cnnc1CC)NC1CCN(Cc2ccccn2)CC1. The number of aryl methyl sites for hydroxylation is 1. The minimum atomic E-state index is 0.457. The quantitative estimate of drug-likeness (QED) is 0.530. The molecule has 1 aliphatic heterocycles. The first kappa shape index (κ1) is 20.3. The first-order valence-corrected chi connectivity index (χ1v) is 10.3. The summed E-state index contributed by atoms with van der Waals surface area (Å²) in [4.78, 5) is 11.6. The molecular weight excluding hydrogens is 352 g/mol. The third kappa shape index (κ3) is 6.02. The topological polar surface area (TPSA) is 83.3 Å². The highest BCUT2D eigenvalue weighted by Crippen LogP contribution is 2.12. The monoisotopic (exact) mass is 384 g/mol. The molecule has 1 saturated heterocycles. The van der Waals surface area contributed by atoms with Crippen LogP contribution in [0.15, 0.2) is 35.7 Å². The Morgan fingerprint density at radius 1 is 1.25 bits per heavy atom. The summed E-state index contributed by atoms with van der Waals surface area (Å²) in [5.41, 5.74) is 1.14. The third-order valence-corrected chi connectivity index (χ3v) is 5.01. The summed E-state index contributed by atoms with van der Waals surface area (Å²) in [5.74, 6) is 1.91. The standard InChI is InChI=1S/C20H32N8/c1-3-19-26-24-16-28(19)14-11-23-20(21-4-2)25-17-8-12-27(13-9-17)15-18-7-5-6-10-22-18/h5-7,10,16-17H,3-4,8-9,11-15H2,1-2H3,(H2,21,23,25). The number of hydrogen-bond donors (Lipinski definition) is 2. The minimum absolute atomic E-state index is 0.457. The van der Waals surface area contributed by atoms with Gasteiger partial charge in [0.05, 0.1) is 12.2 Å². The Kier molecular flexibility index (Phi) is 7.78. The number of guanidine groups is 1. The lowest BCUT2D eigenvalue weighted by molar-refractivity contribution is 0.196. The molecule has 8 heteroatoms. The van der Waals surface area contributed by atoms with Crippen LogP contribution in [0, 0.1) is 0 Å². The molecule has 2 N–H and O–H groups in total. The van der Waals surface area contributed by atoms with Gasteiger partial charge in [0.25, 0.3) is 0 Å². The van der Waals surface area contributed by atoms with Crippen molar-refractivity contribution in [2.24, 2.45) is 4.99 Å². The normalized spacial score (nSPS) is 16.3. The molecule has 0 spiro atoms. The molecule has 8 nitrogen and oxygen atoms in total. The Labute approximate surface area is 167 Å². The summed E-state index contributed by atoms with van der Waals surface area (Å²) in [6.07, 6.45) is 6.77. The van der Waals surface area contributed by atoms with Crippen LogP contribution in [-0.4, -0.2) is 62.8 Å². The smallest absolute Gasteiger partial charge is 0.191 e. The molecule has 0 bridgehead atoms. The van der Waals surface area contributed by atoms with Gasteiger partial charge in [-0.15, -0.1) is 10.2 Å². The fraction of sp³-hybridized carbons (Fsp3) is 0.600. The van der Waals surface area contributed by atoms with Crippen molar-refractivity contribution < 1.29 is 0 Å². The zero-order valence-corrected chi connectivity index (χ0v) is 17.0. The highest BCUT2D eigenvalue weighted by atomic mass is 15.3. The average Bonchev–Trinajstić information content (AvgIpc) is 3.18. The van der Waals surface area contributed by atoms with Gasteiger partial charge in [0.15, 0.2) is 5.96 Å².